The van der Waals surface area contributed by atoms with Gasteiger partial charge in [-0.15, -0.1) is 0 Å². The fourth-order valence-electron chi connectivity index (χ4n) is 4.56. The van der Waals surface area contributed by atoms with Gasteiger partial charge in [0.05, 0.1) is 16.4 Å². The predicted molar refractivity (Wildman–Crippen MR) is 148 cm³/mol. The van der Waals surface area contributed by atoms with E-state index in [2.05, 4.69) is 52.0 Å². The van der Waals surface area contributed by atoms with E-state index in [9.17, 15) is 27.9 Å². The molecule has 3 aromatic heterocycles. The van der Waals surface area contributed by atoms with Gasteiger partial charge in [-0.1, -0.05) is 42.5 Å². The fraction of sp³-hybridized carbons (Fsp3) is 0.161. The molecule has 0 aliphatic carbocycles. The third-order valence-corrected chi connectivity index (χ3v) is 6.91. The molecule has 10 heteroatoms. The maximum absolute atomic E-state index is 12.6. The number of ketones is 1. The Morgan fingerprint density at radius 3 is 1.85 bits per heavy atom. The number of hydrogen-bond donors (Lipinski definition) is 1. The smallest absolute Gasteiger partial charge is 0.455 e. The summed E-state index contributed by atoms with van der Waals surface area (Å²) in [5, 5.41) is 13.3. The number of carbonyl (C=O) groups excluding carboxylic acids is 1. The van der Waals surface area contributed by atoms with Crippen molar-refractivity contribution in [1.29, 1.82) is 0 Å². The zero-order chi connectivity index (χ0) is 28.9. The Morgan fingerprint density at radius 1 is 0.805 bits per heavy atom. The van der Waals surface area contributed by atoms with Gasteiger partial charge in [0, 0.05) is 71.5 Å². The molecule has 209 valence electrons. The van der Waals surface area contributed by atoms with Crippen molar-refractivity contribution in [3.8, 4) is 5.75 Å². The van der Waals surface area contributed by atoms with Crippen molar-refractivity contribution in [2.75, 3.05) is 0 Å². The number of nitrogens with zero attached hydrogens (tertiary/aromatic N) is 2. The molecule has 0 unspecified atom stereocenters. The molecule has 0 saturated carbocycles. The van der Waals surface area contributed by atoms with Gasteiger partial charge in [0.15, 0.2) is 5.56 Å². The summed E-state index contributed by atoms with van der Waals surface area (Å²) in [7, 11) is 0. The first-order chi connectivity index (χ1) is 18.9. The van der Waals surface area contributed by atoms with Gasteiger partial charge in [0.25, 0.3) is 5.78 Å². The number of halogens is 3. The van der Waals surface area contributed by atoms with Gasteiger partial charge in [0.2, 0.25) is 0 Å². The first kappa shape index (κ1) is 30.7. The Labute approximate surface area is 272 Å². The van der Waals surface area contributed by atoms with E-state index in [1.54, 1.807) is 30.3 Å². The SMILES string of the molecule is Cc1cc2ccc3cc(C)c(C)nc3c2nc1C.O=C(c1c(O)c2c(ccc3ccccc32)oc1=O)C(F)(F)F.[Eu]. The van der Waals surface area contributed by atoms with Crippen molar-refractivity contribution < 1.29 is 76.9 Å². The number of aromatic hydroxyl groups is 1. The number of Topliss-reactive ketones (excluding diaryl/α,β-unsaturated/α-hetero) is 1. The molecule has 0 bridgehead atoms. The number of fused-ring (bicyclic) bond motifs is 6. The van der Waals surface area contributed by atoms with Crippen molar-refractivity contribution in [3.05, 3.63) is 99.2 Å². The van der Waals surface area contributed by atoms with Crippen LogP contribution in [0.25, 0.3) is 43.5 Å². The topological polar surface area (TPSA) is 93.3 Å². The molecule has 6 rings (SSSR count). The molecule has 0 aliphatic heterocycles. The van der Waals surface area contributed by atoms with Crippen LogP contribution < -0.4 is 5.63 Å². The number of alkyl halides is 3. The van der Waals surface area contributed by atoms with Crippen molar-refractivity contribution in [1.82, 2.24) is 9.97 Å². The first-order valence-electron chi connectivity index (χ1n) is 12.3. The van der Waals surface area contributed by atoms with Gasteiger partial charge >= 0.3 is 11.8 Å². The minimum atomic E-state index is -5.29. The van der Waals surface area contributed by atoms with Crippen molar-refractivity contribution in [2.24, 2.45) is 0 Å². The number of benzene rings is 3. The van der Waals surface area contributed by atoms with Crippen LogP contribution in [0, 0.1) is 77.1 Å². The molecular formula is C31H23EuF3N2O4. The van der Waals surface area contributed by atoms with E-state index in [-0.39, 0.29) is 60.3 Å². The monoisotopic (exact) mass is 697 g/mol. The molecular weight excluding hydrogens is 673 g/mol. The molecule has 41 heavy (non-hydrogen) atoms. The Hall–Kier alpha value is -3.21. The van der Waals surface area contributed by atoms with Crippen LogP contribution >= 0.6 is 0 Å². The second-order valence-corrected chi connectivity index (χ2v) is 9.59. The zero-order valence-electron chi connectivity index (χ0n) is 22.4. The normalized spacial score (nSPS) is 11.4. The van der Waals surface area contributed by atoms with Crippen LogP contribution in [0.4, 0.5) is 13.2 Å². The van der Waals surface area contributed by atoms with E-state index in [4.69, 9.17) is 14.4 Å². The van der Waals surface area contributed by atoms with E-state index in [0.717, 1.165) is 22.4 Å². The number of pyridine rings is 2. The molecule has 1 radical (unpaired) electrons. The first-order valence-corrected chi connectivity index (χ1v) is 12.3. The van der Waals surface area contributed by atoms with Crippen LogP contribution in [0.5, 0.6) is 5.75 Å². The Kier molecular flexibility index (Phi) is 8.69. The zero-order valence-corrected chi connectivity index (χ0v) is 24.8. The summed E-state index contributed by atoms with van der Waals surface area (Å²) in [5.74, 6) is -3.46. The number of rotatable bonds is 1. The Balaban J connectivity index is 0.000000188. The third-order valence-electron chi connectivity index (χ3n) is 6.91. The third kappa shape index (κ3) is 5.78. The molecule has 1 N–H and O–H groups in total. The Morgan fingerprint density at radius 2 is 1.32 bits per heavy atom. The molecule has 0 amide bonds. The molecule has 3 aromatic carbocycles. The van der Waals surface area contributed by atoms with E-state index in [0.29, 0.717) is 10.8 Å². The quantitative estimate of drug-likeness (QED) is 0.109. The maximum atomic E-state index is 12.6. The summed E-state index contributed by atoms with van der Waals surface area (Å²) >= 11 is 0. The van der Waals surface area contributed by atoms with Gasteiger partial charge in [-0.2, -0.15) is 13.2 Å². The predicted octanol–water partition coefficient (Wildman–Crippen LogP) is 7.41. The molecule has 6 nitrogen and oxygen atoms in total. The fourth-order valence-corrected chi connectivity index (χ4v) is 4.56. The molecule has 6 aromatic rings. The van der Waals surface area contributed by atoms with Crippen LogP contribution in [0.1, 0.15) is 32.9 Å². The minimum Gasteiger partial charge on any atom is -0.506 e. The molecule has 3 heterocycles. The largest absolute Gasteiger partial charge is 0.506 e. The summed E-state index contributed by atoms with van der Waals surface area (Å²) in [5.41, 5.74) is 3.61. The van der Waals surface area contributed by atoms with Crippen LogP contribution in [0.3, 0.4) is 0 Å². The van der Waals surface area contributed by atoms with Crippen LogP contribution in [-0.4, -0.2) is 27.0 Å². The van der Waals surface area contributed by atoms with Gasteiger partial charge < -0.3 is 9.52 Å². The van der Waals surface area contributed by atoms with E-state index < -0.39 is 28.9 Å². The average Bonchev–Trinajstić information content (AvgIpc) is 2.90. The summed E-state index contributed by atoms with van der Waals surface area (Å²) in [6.07, 6.45) is -5.29. The summed E-state index contributed by atoms with van der Waals surface area (Å²) < 4.78 is 42.5. The van der Waals surface area contributed by atoms with Crippen molar-refractivity contribution >= 4 is 49.3 Å². The average molecular weight is 696 g/mol. The summed E-state index contributed by atoms with van der Waals surface area (Å²) in [4.78, 5) is 32.4. The van der Waals surface area contributed by atoms with E-state index in [1.165, 1.54) is 28.0 Å². The Bertz CT molecular complexity index is 1990. The second kappa shape index (κ2) is 11.6. The van der Waals surface area contributed by atoms with Gasteiger partial charge in [0.1, 0.15) is 11.3 Å². The van der Waals surface area contributed by atoms with Crippen molar-refractivity contribution in [2.45, 2.75) is 33.9 Å². The molecule has 0 fully saturated rings. The molecule has 0 spiro atoms. The summed E-state index contributed by atoms with van der Waals surface area (Å²) in [6, 6.07) is 18.1. The second-order valence-electron chi connectivity index (χ2n) is 9.59. The van der Waals surface area contributed by atoms with Gasteiger partial charge in [-0.05, 0) is 67.8 Å². The van der Waals surface area contributed by atoms with Crippen LogP contribution in [0.15, 0.2) is 69.9 Å². The van der Waals surface area contributed by atoms with Gasteiger partial charge in [-0.3, -0.25) is 14.8 Å². The molecule has 0 aliphatic rings. The summed E-state index contributed by atoms with van der Waals surface area (Å²) in [6.45, 7) is 8.29. The van der Waals surface area contributed by atoms with E-state index in [1.807, 2.05) is 0 Å². The van der Waals surface area contributed by atoms with Crippen molar-refractivity contribution in [3.63, 3.8) is 0 Å². The van der Waals surface area contributed by atoms with Crippen LogP contribution in [0.2, 0.25) is 0 Å². The molecule has 0 saturated heterocycles. The minimum absolute atomic E-state index is 0. The standard InChI is InChI=1S/C16H16N2.C15H7F3O4.Eu/c1-9-7-13-5-6-14-8-10(2)12(4)18-16(14)15(13)17-11(9)3;16-15(17,18)13(20)11-12(19)10-8-4-2-1-3-7(8)5-6-9(10)22-14(11)21;/h5-8H,1-4H3;1-6,19H;. The number of carbonyl (C=O) groups is 1. The maximum Gasteiger partial charge on any atom is 0.455 e. The van der Waals surface area contributed by atoms with Gasteiger partial charge in [-0.25, -0.2) is 4.79 Å². The van der Waals surface area contributed by atoms with E-state index >= 15 is 0 Å². The number of hydrogen-bond acceptors (Lipinski definition) is 6. The number of aromatic nitrogens is 2. The molecule has 0 atom stereocenters. The van der Waals surface area contributed by atoms with Crippen LogP contribution in [-0.2, 0) is 0 Å². The number of aryl methyl sites for hydroxylation is 4.